The van der Waals surface area contributed by atoms with E-state index in [1.165, 1.54) is 48.4 Å². The number of non-ortho nitro benzene ring substituents is 1. The van der Waals surface area contributed by atoms with Crippen LogP contribution < -0.4 is 14.2 Å². The molecule has 1 amide bonds. The maximum Gasteiger partial charge on any atom is 0.271 e. The van der Waals surface area contributed by atoms with Crippen molar-refractivity contribution in [2.45, 2.75) is 11.8 Å². The van der Waals surface area contributed by atoms with Gasteiger partial charge in [0.05, 0.1) is 29.2 Å². The Balaban J connectivity index is 1.66. The third-order valence-electron chi connectivity index (χ3n) is 5.08. The zero-order valence-corrected chi connectivity index (χ0v) is 20.2. The van der Waals surface area contributed by atoms with E-state index in [0.717, 1.165) is 11.6 Å². The number of aryl methyl sites for hydroxylation is 1. The maximum atomic E-state index is 12.8. The number of hydrogen-bond acceptors (Lipinski definition) is 7. The summed E-state index contributed by atoms with van der Waals surface area (Å²) in [4.78, 5) is 24.5. The highest BCUT2D eigenvalue weighted by molar-refractivity contribution is 7.92. The van der Waals surface area contributed by atoms with Gasteiger partial charge in [-0.05, 0) is 55.0 Å². The van der Waals surface area contributed by atoms with Crippen LogP contribution >= 0.6 is 0 Å². The second-order valence-electron chi connectivity index (χ2n) is 7.66. The molecule has 3 rings (SSSR count). The zero-order valence-electron chi connectivity index (χ0n) is 19.4. The summed E-state index contributed by atoms with van der Waals surface area (Å²) < 4.78 is 38.7. The quantitative estimate of drug-likeness (QED) is 0.331. The molecule has 1 N–H and O–H groups in total. The molecule has 0 heterocycles. The summed E-state index contributed by atoms with van der Waals surface area (Å²) in [6, 6.07) is 16.6. The fraction of sp³-hybridized carbons (Fsp3) is 0.208. The van der Waals surface area contributed by atoms with Gasteiger partial charge in [0, 0.05) is 24.7 Å². The molecule has 0 radical (unpaired) electrons. The third kappa shape index (κ3) is 6.48. The number of ether oxygens (including phenoxy) is 2. The molecule has 0 aliphatic carbocycles. The van der Waals surface area contributed by atoms with Crippen LogP contribution in [0.25, 0.3) is 0 Å². The Kier molecular flexibility index (Phi) is 7.92. The van der Waals surface area contributed by atoms with Crippen molar-refractivity contribution in [2.24, 2.45) is 0 Å². The van der Waals surface area contributed by atoms with Crippen molar-refractivity contribution in [1.29, 1.82) is 0 Å². The van der Waals surface area contributed by atoms with E-state index >= 15 is 0 Å². The molecule has 3 aromatic carbocycles. The van der Waals surface area contributed by atoms with Gasteiger partial charge in [0.25, 0.3) is 21.6 Å². The summed E-state index contributed by atoms with van der Waals surface area (Å²) in [5.74, 6) is 0.545. The van der Waals surface area contributed by atoms with E-state index < -0.39 is 14.9 Å². The van der Waals surface area contributed by atoms with Gasteiger partial charge >= 0.3 is 0 Å². The first kappa shape index (κ1) is 25.5. The minimum atomic E-state index is -4.10. The first-order valence-electron chi connectivity index (χ1n) is 10.5. The largest absolute Gasteiger partial charge is 0.495 e. The van der Waals surface area contributed by atoms with E-state index in [1.54, 1.807) is 7.05 Å². The van der Waals surface area contributed by atoms with E-state index in [2.05, 4.69) is 4.72 Å². The number of benzene rings is 3. The van der Waals surface area contributed by atoms with Crippen molar-refractivity contribution < 1.29 is 27.6 Å². The Labute approximate surface area is 203 Å². The number of carbonyl (C=O) groups excluding carboxylic acids is 1. The molecule has 0 fully saturated rings. The van der Waals surface area contributed by atoms with E-state index in [1.807, 2.05) is 31.2 Å². The summed E-state index contributed by atoms with van der Waals surface area (Å²) in [5.41, 5.74) is 1.00. The number of anilines is 1. The van der Waals surface area contributed by atoms with Crippen LogP contribution in [0.5, 0.6) is 11.5 Å². The van der Waals surface area contributed by atoms with Gasteiger partial charge in [-0.3, -0.25) is 19.6 Å². The van der Waals surface area contributed by atoms with Gasteiger partial charge in [0.15, 0.2) is 0 Å². The number of sulfonamides is 1. The highest BCUT2D eigenvalue weighted by Crippen LogP contribution is 2.31. The summed E-state index contributed by atoms with van der Waals surface area (Å²) in [7, 11) is -1.15. The number of nitrogens with zero attached hydrogens (tertiary/aromatic N) is 2. The van der Waals surface area contributed by atoms with Crippen LogP contribution in [0.15, 0.2) is 71.6 Å². The molecule has 0 bridgehead atoms. The number of nitro benzene ring substituents is 1. The van der Waals surface area contributed by atoms with Crippen molar-refractivity contribution >= 4 is 27.3 Å². The molecule has 0 saturated heterocycles. The fourth-order valence-electron chi connectivity index (χ4n) is 3.20. The van der Waals surface area contributed by atoms with Crippen LogP contribution in [-0.2, 0) is 10.0 Å². The third-order valence-corrected chi connectivity index (χ3v) is 6.46. The molecule has 0 unspecified atom stereocenters. The highest BCUT2D eigenvalue weighted by atomic mass is 32.2. The Morgan fingerprint density at radius 2 is 1.80 bits per heavy atom. The number of hydrogen-bond donors (Lipinski definition) is 1. The molecule has 35 heavy (non-hydrogen) atoms. The van der Waals surface area contributed by atoms with Crippen LogP contribution in [0, 0.1) is 17.0 Å². The van der Waals surface area contributed by atoms with Crippen molar-refractivity contribution in [3.8, 4) is 11.5 Å². The first-order chi connectivity index (χ1) is 16.6. The number of nitrogens with one attached hydrogen (secondary N) is 1. The van der Waals surface area contributed by atoms with Gasteiger partial charge in [-0.2, -0.15) is 0 Å². The van der Waals surface area contributed by atoms with Gasteiger partial charge < -0.3 is 14.4 Å². The number of amides is 1. The topological polar surface area (TPSA) is 128 Å². The normalized spacial score (nSPS) is 10.9. The van der Waals surface area contributed by atoms with Crippen molar-refractivity contribution in [2.75, 3.05) is 32.0 Å². The Bertz CT molecular complexity index is 1330. The molecule has 0 atom stereocenters. The lowest BCUT2D eigenvalue weighted by Crippen LogP contribution is -2.30. The average Bonchev–Trinajstić information content (AvgIpc) is 2.83. The Hall–Kier alpha value is -4.12. The smallest absolute Gasteiger partial charge is 0.271 e. The van der Waals surface area contributed by atoms with E-state index in [0.29, 0.717) is 24.5 Å². The number of methoxy groups -OCH3 is 1. The average molecular weight is 500 g/mol. The monoisotopic (exact) mass is 499 g/mol. The van der Waals surface area contributed by atoms with E-state index in [-0.39, 0.29) is 27.9 Å². The lowest BCUT2D eigenvalue weighted by atomic mass is 10.2. The lowest BCUT2D eigenvalue weighted by Gasteiger charge is -2.18. The second-order valence-corrected chi connectivity index (χ2v) is 9.35. The van der Waals surface area contributed by atoms with Crippen LogP contribution in [0.1, 0.15) is 15.9 Å². The fourth-order valence-corrected chi connectivity index (χ4v) is 4.26. The molecule has 10 nitrogen and oxygen atoms in total. The molecule has 0 aliphatic rings. The van der Waals surface area contributed by atoms with Crippen LogP contribution in [-0.4, -0.2) is 51.5 Å². The number of nitro groups is 1. The first-order valence-corrected chi connectivity index (χ1v) is 12.0. The van der Waals surface area contributed by atoms with Gasteiger partial charge in [-0.15, -0.1) is 0 Å². The maximum absolute atomic E-state index is 12.8. The SMILES string of the molecule is COc1ccc([N+](=O)[O-])cc1NS(=O)(=O)c1ccc(C(=O)N(C)CCOc2cccc(C)c2)cc1. The number of likely N-dealkylation sites (N-methyl/N-ethyl adjacent to an activating group) is 1. The second kappa shape index (κ2) is 10.9. The molecular weight excluding hydrogens is 474 g/mol. The van der Waals surface area contributed by atoms with E-state index in [9.17, 15) is 23.3 Å². The van der Waals surface area contributed by atoms with Crippen molar-refractivity contribution in [1.82, 2.24) is 4.90 Å². The predicted octanol–water partition coefficient (Wildman–Crippen LogP) is 3.86. The van der Waals surface area contributed by atoms with Gasteiger partial charge in [0.1, 0.15) is 18.1 Å². The lowest BCUT2D eigenvalue weighted by molar-refractivity contribution is -0.384. The standard InChI is InChI=1S/C24H25N3O7S/c1-17-5-4-6-20(15-17)34-14-13-26(2)24(28)18-7-10-21(11-8-18)35(31,32)25-22-16-19(27(29)30)9-12-23(22)33-3/h4-12,15-16,25H,13-14H2,1-3H3. The molecule has 0 spiro atoms. The summed E-state index contributed by atoms with van der Waals surface area (Å²) >= 11 is 0. The number of rotatable bonds is 10. The Morgan fingerprint density at radius 3 is 2.43 bits per heavy atom. The minimum absolute atomic E-state index is 0.0739. The van der Waals surface area contributed by atoms with Crippen LogP contribution in [0.3, 0.4) is 0 Å². The zero-order chi connectivity index (χ0) is 25.6. The molecule has 0 aromatic heterocycles. The summed E-state index contributed by atoms with van der Waals surface area (Å²) in [6.07, 6.45) is 0. The minimum Gasteiger partial charge on any atom is -0.495 e. The highest BCUT2D eigenvalue weighted by Gasteiger charge is 2.20. The van der Waals surface area contributed by atoms with Crippen LogP contribution in [0.2, 0.25) is 0 Å². The van der Waals surface area contributed by atoms with Gasteiger partial charge in [-0.1, -0.05) is 12.1 Å². The number of carbonyl (C=O) groups is 1. The van der Waals surface area contributed by atoms with Crippen LogP contribution in [0.4, 0.5) is 11.4 Å². The van der Waals surface area contributed by atoms with Gasteiger partial charge in [-0.25, -0.2) is 8.42 Å². The molecule has 0 saturated carbocycles. The summed E-state index contributed by atoms with van der Waals surface area (Å²) in [5, 5.41) is 11.0. The Morgan fingerprint density at radius 1 is 1.09 bits per heavy atom. The molecular formula is C24H25N3O7S. The summed E-state index contributed by atoms with van der Waals surface area (Å²) in [6.45, 7) is 2.59. The predicted molar refractivity (Wildman–Crippen MR) is 131 cm³/mol. The van der Waals surface area contributed by atoms with Crippen molar-refractivity contribution in [3.63, 3.8) is 0 Å². The molecule has 3 aromatic rings. The van der Waals surface area contributed by atoms with Crippen molar-refractivity contribution in [3.05, 3.63) is 88.0 Å². The molecule has 184 valence electrons. The molecule has 11 heteroatoms. The van der Waals surface area contributed by atoms with Gasteiger partial charge in [0.2, 0.25) is 0 Å². The van der Waals surface area contributed by atoms with E-state index in [4.69, 9.17) is 9.47 Å². The molecule has 0 aliphatic heterocycles.